The van der Waals surface area contributed by atoms with Crippen molar-refractivity contribution in [3.8, 4) is 0 Å². The van der Waals surface area contributed by atoms with Gasteiger partial charge in [-0.2, -0.15) is 18.3 Å². The van der Waals surface area contributed by atoms with Crippen LogP contribution in [0.1, 0.15) is 11.3 Å². The Kier molecular flexibility index (Phi) is 3.27. The Hall–Kier alpha value is -1.98. The lowest BCUT2D eigenvalue weighted by Gasteiger charge is -2.09. The molecule has 3 nitrogen and oxygen atoms in total. The van der Waals surface area contributed by atoms with Gasteiger partial charge in [-0.15, -0.1) is 0 Å². The Labute approximate surface area is 102 Å². The van der Waals surface area contributed by atoms with Crippen LogP contribution in [0.25, 0.3) is 0 Å². The number of nitrogens with zero attached hydrogens (tertiary/aromatic N) is 2. The molecule has 0 aliphatic carbocycles. The van der Waals surface area contributed by atoms with E-state index in [4.69, 9.17) is 0 Å². The van der Waals surface area contributed by atoms with Crippen molar-refractivity contribution in [2.24, 2.45) is 7.05 Å². The van der Waals surface area contributed by atoms with Gasteiger partial charge in [-0.25, -0.2) is 0 Å². The van der Waals surface area contributed by atoms with Gasteiger partial charge < -0.3 is 5.32 Å². The highest BCUT2D eigenvalue weighted by Gasteiger charge is 2.30. The fourth-order valence-corrected chi connectivity index (χ4v) is 1.56. The van der Waals surface area contributed by atoms with E-state index in [1.807, 2.05) is 0 Å². The monoisotopic (exact) mass is 255 g/mol. The van der Waals surface area contributed by atoms with E-state index in [0.29, 0.717) is 12.2 Å². The molecule has 0 radical (unpaired) electrons. The standard InChI is InChI=1S/C12H12F3N3/c1-18-6-5-11(17-18)8-16-10-4-2-3-9(7-10)12(13,14)15/h2-7,16H,8H2,1H3. The molecule has 0 aliphatic rings. The molecule has 0 fully saturated rings. The molecule has 6 heteroatoms. The number of hydrogen-bond donors (Lipinski definition) is 1. The molecule has 0 saturated carbocycles. The number of nitrogens with one attached hydrogen (secondary N) is 1. The van der Waals surface area contributed by atoms with E-state index in [-0.39, 0.29) is 0 Å². The van der Waals surface area contributed by atoms with E-state index >= 15 is 0 Å². The van der Waals surface area contributed by atoms with Gasteiger partial charge in [-0.1, -0.05) is 6.07 Å². The molecule has 96 valence electrons. The van der Waals surface area contributed by atoms with Gasteiger partial charge in [-0.05, 0) is 24.3 Å². The minimum atomic E-state index is -4.32. The highest BCUT2D eigenvalue weighted by Crippen LogP contribution is 2.30. The lowest BCUT2D eigenvalue weighted by atomic mass is 10.2. The highest BCUT2D eigenvalue weighted by molar-refractivity contribution is 5.46. The second kappa shape index (κ2) is 4.72. The van der Waals surface area contributed by atoms with Crippen LogP contribution in [-0.2, 0) is 19.8 Å². The summed E-state index contributed by atoms with van der Waals surface area (Å²) in [5.41, 5.74) is 0.541. The van der Waals surface area contributed by atoms with Gasteiger partial charge in [0, 0.05) is 18.9 Å². The first-order valence-corrected chi connectivity index (χ1v) is 5.35. The molecule has 0 saturated heterocycles. The van der Waals surface area contributed by atoms with Crippen LogP contribution in [0.3, 0.4) is 0 Å². The molecule has 1 aromatic carbocycles. The van der Waals surface area contributed by atoms with Gasteiger partial charge in [0.25, 0.3) is 0 Å². The first kappa shape index (κ1) is 12.5. The Morgan fingerprint density at radius 1 is 1.28 bits per heavy atom. The lowest BCUT2D eigenvalue weighted by molar-refractivity contribution is -0.137. The fraction of sp³-hybridized carbons (Fsp3) is 0.250. The SMILES string of the molecule is Cn1ccc(CNc2cccc(C(F)(F)F)c2)n1. The third-order valence-electron chi connectivity index (χ3n) is 2.43. The molecule has 18 heavy (non-hydrogen) atoms. The molecule has 0 amide bonds. The van der Waals surface area contributed by atoms with E-state index in [0.717, 1.165) is 17.8 Å². The predicted molar refractivity (Wildman–Crippen MR) is 62.0 cm³/mol. The largest absolute Gasteiger partial charge is 0.416 e. The van der Waals surface area contributed by atoms with Crippen molar-refractivity contribution in [3.05, 3.63) is 47.8 Å². The molecular formula is C12H12F3N3. The summed E-state index contributed by atoms with van der Waals surface area (Å²) in [5, 5.41) is 7.04. The van der Waals surface area contributed by atoms with E-state index in [2.05, 4.69) is 10.4 Å². The van der Waals surface area contributed by atoms with Crippen LogP contribution in [0.15, 0.2) is 36.5 Å². The van der Waals surface area contributed by atoms with Crippen molar-refractivity contribution in [2.45, 2.75) is 12.7 Å². The first-order chi connectivity index (χ1) is 8.45. The van der Waals surface area contributed by atoms with Crippen LogP contribution in [0.5, 0.6) is 0 Å². The summed E-state index contributed by atoms with van der Waals surface area (Å²) in [4.78, 5) is 0. The summed E-state index contributed by atoms with van der Waals surface area (Å²) in [6.45, 7) is 0.391. The number of rotatable bonds is 3. The molecular weight excluding hydrogens is 243 g/mol. The van der Waals surface area contributed by atoms with Crippen molar-refractivity contribution in [3.63, 3.8) is 0 Å². The molecule has 0 bridgehead atoms. The van der Waals surface area contributed by atoms with Crippen LogP contribution in [0.4, 0.5) is 18.9 Å². The summed E-state index contributed by atoms with van der Waals surface area (Å²) in [6, 6.07) is 6.91. The van der Waals surface area contributed by atoms with Crippen LogP contribution < -0.4 is 5.32 Å². The van der Waals surface area contributed by atoms with Gasteiger partial charge in [0.1, 0.15) is 0 Å². The number of anilines is 1. The Balaban J connectivity index is 2.06. The molecule has 0 aliphatic heterocycles. The minimum absolute atomic E-state index is 0.391. The van der Waals surface area contributed by atoms with Crippen LogP contribution >= 0.6 is 0 Å². The third-order valence-corrected chi connectivity index (χ3v) is 2.43. The summed E-state index contributed by atoms with van der Waals surface area (Å²) in [6.07, 6.45) is -2.54. The van der Waals surface area contributed by atoms with E-state index in [1.54, 1.807) is 30.1 Å². The molecule has 1 aromatic heterocycles. The fourth-order valence-electron chi connectivity index (χ4n) is 1.56. The summed E-state index contributed by atoms with van der Waals surface area (Å²) in [7, 11) is 1.79. The third kappa shape index (κ3) is 3.03. The van der Waals surface area contributed by atoms with Crippen molar-refractivity contribution in [1.82, 2.24) is 9.78 Å². The van der Waals surface area contributed by atoms with Gasteiger partial charge in [0.05, 0.1) is 17.8 Å². The quantitative estimate of drug-likeness (QED) is 0.913. The minimum Gasteiger partial charge on any atom is -0.379 e. The topological polar surface area (TPSA) is 29.9 Å². The normalized spacial score (nSPS) is 11.6. The Morgan fingerprint density at radius 3 is 2.67 bits per heavy atom. The highest BCUT2D eigenvalue weighted by atomic mass is 19.4. The Morgan fingerprint density at radius 2 is 2.06 bits per heavy atom. The van der Waals surface area contributed by atoms with E-state index in [9.17, 15) is 13.2 Å². The summed E-state index contributed by atoms with van der Waals surface area (Å²) in [5.74, 6) is 0. The maximum absolute atomic E-state index is 12.5. The molecule has 2 aromatic rings. The van der Waals surface area contributed by atoms with Gasteiger partial charge >= 0.3 is 6.18 Å². The molecule has 0 spiro atoms. The van der Waals surface area contributed by atoms with E-state index in [1.165, 1.54) is 6.07 Å². The van der Waals surface area contributed by atoms with Crippen LogP contribution in [0.2, 0.25) is 0 Å². The molecule has 0 unspecified atom stereocenters. The average molecular weight is 255 g/mol. The smallest absolute Gasteiger partial charge is 0.379 e. The predicted octanol–water partition coefficient (Wildman–Crippen LogP) is 3.05. The maximum Gasteiger partial charge on any atom is 0.416 e. The van der Waals surface area contributed by atoms with Crippen molar-refractivity contribution in [2.75, 3.05) is 5.32 Å². The van der Waals surface area contributed by atoms with Crippen molar-refractivity contribution < 1.29 is 13.2 Å². The Bertz CT molecular complexity index is 531. The number of benzene rings is 1. The average Bonchev–Trinajstić information content (AvgIpc) is 2.72. The summed E-state index contributed by atoms with van der Waals surface area (Å²) < 4.78 is 39.1. The zero-order chi connectivity index (χ0) is 13.2. The molecule has 2 rings (SSSR count). The van der Waals surface area contributed by atoms with Crippen molar-refractivity contribution >= 4 is 5.69 Å². The summed E-state index contributed by atoms with van der Waals surface area (Å²) >= 11 is 0. The second-order valence-corrected chi connectivity index (χ2v) is 3.91. The van der Waals surface area contributed by atoms with Gasteiger partial charge in [0.2, 0.25) is 0 Å². The number of alkyl halides is 3. The molecule has 1 N–H and O–H groups in total. The van der Waals surface area contributed by atoms with Gasteiger partial charge in [0.15, 0.2) is 0 Å². The van der Waals surface area contributed by atoms with Crippen LogP contribution in [0, 0.1) is 0 Å². The zero-order valence-electron chi connectivity index (χ0n) is 9.70. The van der Waals surface area contributed by atoms with E-state index < -0.39 is 11.7 Å². The van der Waals surface area contributed by atoms with Crippen molar-refractivity contribution in [1.29, 1.82) is 0 Å². The molecule has 1 heterocycles. The maximum atomic E-state index is 12.5. The zero-order valence-corrected chi connectivity index (χ0v) is 9.70. The number of aryl methyl sites for hydroxylation is 1. The lowest BCUT2D eigenvalue weighted by Crippen LogP contribution is -2.06. The number of aromatic nitrogens is 2. The van der Waals surface area contributed by atoms with Crippen LogP contribution in [-0.4, -0.2) is 9.78 Å². The first-order valence-electron chi connectivity index (χ1n) is 5.35. The number of hydrogen-bond acceptors (Lipinski definition) is 2. The van der Waals surface area contributed by atoms with Gasteiger partial charge in [-0.3, -0.25) is 4.68 Å². The second-order valence-electron chi connectivity index (χ2n) is 3.91. The molecule has 0 atom stereocenters. The number of halogens is 3.